The van der Waals surface area contributed by atoms with Crippen LogP contribution in [0, 0.1) is 0 Å². The van der Waals surface area contributed by atoms with Gasteiger partial charge in [0.05, 0.1) is 6.61 Å². The first-order chi connectivity index (χ1) is 17.2. The molecular weight excluding hydrogens is 440 g/mol. The van der Waals surface area contributed by atoms with Gasteiger partial charge in [0, 0.05) is 12.8 Å². The third-order valence-electron chi connectivity index (χ3n) is 5.45. The highest BCUT2D eigenvalue weighted by Crippen LogP contribution is 2.19. The molecule has 1 N–H and O–H groups in total. The maximum atomic E-state index is 11.6. The van der Waals surface area contributed by atoms with Crippen molar-refractivity contribution in [2.75, 3.05) is 6.61 Å². The van der Waals surface area contributed by atoms with Crippen LogP contribution in [0.25, 0.3) is 0 Å². The van der Waals surface area contributed by atoms with Gasteiger partial charge in [-0.1, -0.05) is 72.8 Å². The van der Waals surface area contributed by atoms with Crippen LogP contribution >= 0.6 is 0 Å². The Bertz CT molecular complexity index is 1190. The third-order valence-corrected chi connectivity index (χ3v) is 5.45. The van der Waals surface area contributed by atoms with E-state index in [0.717, 1.165) is 34.6 Å². The predicted molar refractivity (Wildman–Crippen MR) is 135 cm³/mol. The summed E-state index contributed by atoms with van der Waals surface area (Å²) in [5.41, 5.74) is 3.13. The first kappa shape index (κ1) is 23.9. The molecule has 0 aliphatic carbocycles. The minimum Gasteiger partial charge on any atom is -0.493 e. The molecule has 0 aromatic heterocycles. The topological polar surface area (TPSA) is 65.0 Å². The number of carboxylic acids is 1. The Balaban J connectivity index is 1.25. The van der Waals surface area contributed by atoms with E-state index >= 15 is 0 Å². The number of hydrogen-bond donors (Lipinski definition) is 1. The molecule has 1 atom stereocenters. The maximum Gasteiger partial charge on any atom is 0.345 e. The van der Waals surface area contributed by atoms with Crippen LogP contribution in [0.5, 0.6) is 17.2 Å². The van der Waals surface area contributed by atoms with E-state index in [1.165, 1.54) is 0 Å². The first-order valence-electron chi connectivity index (χ1n) is 11.6. The normalized spacial score (nSPS) is 11.4. The van der Waals surface area contributed by atoms with E-state index in [2.05, 4.69) is 6.07 Å². The molecule has 0 fully saturated rings. The van der Waals surface area contributed by atoms with Crippen molar-refractivity contribution in [3.63, 3.8) is 0 Å². The highest BCUT2D eigenvalue weighted by Gasteiger charge is 2.20. The van der Waals surface area contributed by atoms with Gasteiger partial charge in [0.25, 0.3) is 0 Å². The maximum absolute atomic E-state index is 11.6. The molecule has 0 unspecified atom stereocenters. The van der Waals surface area contributed by atoms with Crippen LogP contribution < -0.4 is 14.2 Å². The number of hydrogen-bond acceptors (Lipinski definition) is 4. The molecular formula is C30H28O5. The summed E-state index contributed by atoms with van der Waals surface area (Å²) in [5.74, 6) is 1.11. The molecule has 5 heteroatoms. The van der Waals surface area contributed by atoms with Gasteiger partial charge < -0.3 is 19.3 Å². The molecule has 0 aliphatic heterocycles. The van der Waals surface area contributed by atoms with Gasteiger partial charge in [-0.2, -0.15) is 0 Å². The van der Waals surface area contributed by atoms with Crippen LogP contribution in [-0.4, -0.2) is 23.8 Å². The van der Waals surface area contributed by atoms with Crippen LogP contribution in [0.3, 0.4) is 0 Å². The van der Waals surface area contributed by atoms with Crippen LogP contribution in [0.1, 0.15) is 16.7 Å². The zero-order chi connectivity index (χ0) is 24.3. The Morgan fingerprint density at radius 1 is 0.657 bits per heavy atom. The standard InChI is InChI=1S/C30H28O5/c31-30(32)29(35-27-11-5-2-6-12-27)21-24-14-16-26(17-15-24)33-19-18-23-10-7-13-28(20-23)34-22-25-8-3-1-4-9-25/h1-17,20,29H,18-19,21-22H2,(H,31,32)/t29-/m1/s1. The lowest BCUT2D eigenvalue weighted by atomic mass is 10.1. The van der Waals surface area contributed by atoms with E-state index < -0.39 is 12.1 Å². The van der Waals surface area contributed by atoms with Crippen molar-refractivity contribution in [3.8, 4) is 17.2 Å². The summed E-state index contributed by atoms with van der Waals surface area (Å²) in [5, 5.41) is 9.53. The Morgan fingerprint density at radius 3 is 2.03 bits per heavy atom. The number of ether oxygens (including phenoxy) is 3. The molecule has 0 spiro atoms. The Morgan fingerprint density at radius 2 is 1.31 bits per heavy atom. The Hall–Kier alpha value is -4.25. The fourth-order valence-electron chi connectivity index (χ4n) is 3.60. The number of para-hydroxylation sites is 1. The van der Waals surface area contributed by atoms with Crippen LogP contribution in [-0.2, 0) is 24.2 Å². The summed E-state index contributed by atoms with van der Waals surface area (Å²) in [6, 6.07) is 34.6. The highest BCUT2D eigenvalue weighted by atomic mass is 16.5. The van der Waals surface area contributed by atoms with Gasteiger partial charge in [-0.05, 0) is 53.1 Å². The van der Waals surface area contributed by atoms with Crippen LogP contribution in [0.15, 0.2) is 109 Å². The predicted octanol–water partition coefficient (Wildman–Crippen LogP) is 5.96. The molecule has 0 bridgehead atoms. The zero-order valence-electron chi connectivity index (χ0n) is 19.4. The zero-order valence-corrected chi connectivity index (χ0v) is 19.4. The van der Waals surface area contributed by atoms with Crippen molar-refractivity contribution in [2.45, 2.75) is 25.6 Å². The Kier molecular flexibility index (Phi) is 8.38. The van der Waals surface area contributed by atoms with E-state index in [9.17, 15) is 9.90 Å². The van der Waals surface area contributed by atoms with Gasteiger partial charge in [-0.15, -0.1) is 0 Å². The lowest BCUT2D eigenvalue weighted by molar-refractivity contribution is -0.145. The lowest BCUT2D eigenvalue weighted by Crippen LogP contribution is -2.29. The van der Waals surface area contributed by atoms with Gasteiger partial charge in [0.2, 0.25) is 0 Å². The first-order valence-corrected chi connectivity index (χ1v) is 11.6. The van der Waals surface area contributed by atoms with Gasteiger partial charge in [-0.25, -0.2) is 4.79 Å². The molecule has 0 heterocycles. The van der Waals surface area contributed by atoms with Crippen molar-refractivity contribution < 1.29 is 24.1 Å². The second kappa shape index (κ2) is 12.3. The minimum atomic E-state index is -0.996. The van der Waals surface area contributed by atoms with Crippen molar-refractivity contribution in [1.29, 1.82) is 0 Å². The van der Waals surface area contributed by atoms with E-state index in [0.29, 0.717) is 19.0 Å². The molecule has 4 aromatic carbocycles. The molecule has 35 heavy (non-hydrogen) atoms. The molecule has 0 radical (unpaired) electrons. The van der Waals surface area contributed by atoms with Crippen LogP contribution in [0.2, 0.25) is 0 Å². The summed E-state index contributed by atoms with van der Waals surface area (Å²) in [4.78, 5) is 11.6. The molecule has 0 saturated carbocycles. The summed E-state index contributed by atoms with van der Waals surface area (Å²) < 4.78 is 17.4. The molecule has 0 amide bonds. The molecule has 4 aromatic rings. The third kappa shape index (κ3) is 7.64. The van der Waals surface area contributed by atoms with Crippen molar-refractivity contribution in [3.05, 3.63) is 126 Å². The van der Waals surface area contributed by atoms with Gasteiger partial charge >= 0.3 is 5.97 Å². The Labute approximate surface area is 205 Å². The quantitative estimate of drug-likeness (QED) is 0.278. The number of aliphatic carboxylic acids is 1. The smallest absolute Gasteiger partial charge is 0.345 e. The molecule has 0 aliphatic rings. The molecule has 5 nitrogen and oxygen atoms in total. The van der Waals surface area contributed by atoms with E-state index in [1.54, 1.807) is 12.1 Å². The number of carbonyl (C=O) groups is 1. The minimum absolute atomic E-state index is 0.264. The van der Waals surface area contributed by atoms with Crippen molar-refractivity contribution in [1.82, 2.24) is 0 Å². The van der Waals surface area contributed by atoms with E-state index in [-0.39, 0.29) is 6.42 Å². The van der Waals surface area contributed by atoms with Crippen LogP contribution in [0.4, 0.5) is 0 Å². The number of benzene rings is 4. The lowest BCUT2D eigenvalue weighted by Gasteiger charge is -2.15. The number of carboxylic acid groups (broad SMARTS) is 1. The summed E-state index contributed by atoms with van der Waals surface area (Å²) >= 11 is 0. The SMILES string of the molecule is O=C(O)[C@@H](Cc1ccc(OCCc2cccc(OCc3ccccc3)c2)cc1)Oc1ccccc1. The average molecular weight is 469 g/mol. The monoisotopic (exact) mass is 468 g/mol. The fourth-order valence-corrected chi connectivity index (χ4v) is 3.60. The molecule has 0 saturated heterocycles. The highest BCUT2D eigenvalue weighted by molar-refractivity contribution is 5.73. The number of rotatable bonds is 12. The van der Waals surface area contributed by atoms with E-state index in [1.807, 2.05) is 91.0 Å². The summed E-state index contributed by atoms with van der Waals surface area (Å²) in [6.07, 6.45) is 0.0527. The molecule has 178 valence electrons. The van der Waals surface area contributed by atoms with E-state index in [4.69, 9.17) is 14.2 Å². The molecule has 4 rings (SSSR count). The summed E-state index contributed by atoms with van der Waals surface area (Å²) in [7, 11) is 0. The van der Waals surface area contributed by atoms with Crippen molar-refractivity contribution >= 4 is 5.97 Å². The van der Waals surface area contributed by atoms with Gasteiger partial charge in [-0.3, -0.25) is 0 Å². The largest absolute Gasteiger partial charge is 0.493 e. The second-order valence-corrected chi connectivity index (χ2v) is 8.13. The van der Waals surface area contributed by atoms with Gasteiger partial charge in [0.1, 0.15) is 23.9 Å². The summed E-state index contributed by atoms with van der Waals surface area (Å²) in [6.45, 7) is 1.06. The average Bonchev–Trinajstić information content (AvgIpc) is 2.89. The fraction of sp³-hybridized carbons (Fsp3) is 0.167. The second-order valence-electron chi connectivity index (χ2n) is 8.13. The van der Waals surface area contributed by atoms with Gasteiger partial charge in [0.15, 0.2) is 6.10 Å². The van der Waals surface area contributed by atoms with Crippen molar-refractivity contribution in [2.24, 2.45) is 0 Å².